The molecule has 2 N–H and O–H groups in total. The number of carboxylic acids is 1. The van der Waals surface area contributed by atoms with Gasteiger partial charge in [-0.2, -0.15) is 0 Å². The van der Waals surface area contributed by atoms with Gasteiger partial charge in [0.25, 0.3) is 5.56 Å². The predicted molar refractivity (Wildman–Crippen MR) is 146 cm³/mol. The largest absolute Gasteiger partial charge is 0.478 e. The molecule has 0 aliphatic carbocycles. The Morgan fingerprint density at radius 2 is 1.49 bits per heavy atom. The normalized spacial score (nSPS) is 11.0. The van der Waals surface area contributed by atoms with Crippen LogP contribution in [0.5, 0.6) is 0 Å². The maximum Gasteiger partial charge on any atom is 0.336 e. The molecule has 0 bridgehead atoms. The molecule has 0 saturated carbocycles. The van der Waals surface area contributed by atoms with E-state index in [1.165, 1.54) is 12.1 Å². The average molecular weight is 523 g/mol. The summed E-state index contributed by atoms with van der Waals surface area (Å²) >= 11 is 0. The van der Waals surface area contributed by atoms with Crippen molar-refractivity contribution >= 4 is 5.97 Å². The third-order valence-corrected chi connectivity index (χ3v) is 6.61. The molecule has 10 nitrogen and oxygen atoms in total. The lowest BCUT2D eigenvalue weighted by atomic mass is 9.95. The molecule has 3 aromatic carbocycles. The molecule has 196 valence electrons. The molecule has 10 heteroatoms. The number of nitrogens with zero attached hydrogens (tertiary/aromatic N) is 5. The summed E-state index contributed by atoms with van der Waals surface area (Å²) in [6.45, 7) is 2.06. The number of hydrogen-bond acceptors (Lipinski definition) is 6. The van der Waals surface area contributed by atoms with Gasteiger partial charge in [0, 0.05) is 17.3 Å². The topological polar surface area (TPSA) is 136 Å². The van der Waals surface area contributed by atoms with Gasteiger partial charge in [0.15, 0.2) is 5.82 Å². The van der Waals surface area contributed by atoms with Crippen molar-refractivity contribution in [3.63, 3.8) is 0 Å². The smallest absolute Gasteiger partial charge is 0.336 e. The second-order valence-electron chi connectivity index (χ2n) is 9.09. The van der Waals surface area contributed by atoms with Crippen molar-refractivity contribution in [3.05, 3.63) is 122 Å². The summed E-state index contributed by atoms with van der Waals surface area (Å²) in [6, 6.07) is 23.3. The Hall–Kier alpha value is -5.12. The van der Waals surface area contributed by atoms with Gasteiger partial charge in [0.2, 0.25) is 0 Å². The van der Waals surface area contributed by atoms with Crippen molar-refractivity contribution in [2.24, 2.45) is 0 Å². The summed E-state index contributed by atoms with van der Waals surface area (Å²) < 4.78 is 2.70. The molecule has 0 aliphatic rings. The highest BCUT2D eigenvalue weighted by Crippen LogP contribution is 2.32. The summed E-state index contributed by atoms with van der Waals surface area (Å²) in [7, 11) is 0. The van der Waals surface area contributed by atoms with E-state index in [-0.39, 0.29) is 18.7 Å². The molecule has 0 spiro atoms. The van der Waals surface area contributed by atoms with Crippen molar-refractivity contribution < 1.29 is 9.90 Å². The Morgan fingerprint density at radius 1 is 0.846 bits per heavy atom. The molecule has 0 fully saturated rings. The van der Waals surface area contributed by atoms with E-state index >= 15 is 0 Å². The highest BCUT2D eigenvalue weighted by Gasteiger charge is 2.18. The monoisotopic (exact) mass is 522 g/mol. The Balaban J connectivity index is 1.62. The number of aromatic carboxylic acids is 1. The first-order valence-electron chi connectivity index (χ1n) is 12.5. The number of hydrogen-bond donors (Lipinski definition) is 2. The first kappa shape index (κ1) is 25.5. The Kier molecular flexibility index (Phi) is 7.26. The first-order valence-corrected chi connectivity index (χ1v) is 12.5. The second kappa shape index (κ2) is 11.1. The summed E-state index contributed by atoms with van der Waals surface area (Å²) in [5.41, 5.74) is 3.57. The number of H-pyrrole nitrogens is 1. The SMILES string of the molecule is CCCc1cc(=O)n(Cc2ccccc2C(=O)O)c(=O)n1Cc1ccccc1-c1ccccc1-c1nnn[nH]1. The summed E-state index contributed by atoms with van der Waals surface area (Å²) in [6.07, 6.45) is 1.28. The first-order chi connectivity index (χ1) is 19.0. The van der Waals surface area contributed by atoms with Crippen LogP contribution in [0.25, 0.3) is 22.5 Å². The fourth-order valence-corrected chi connectivity index (χ4v) is 4.77. The van der Waals surface area contributed by atoms with E-state index in [0.29, 0.717) is 23.5 Å². The molecule has 0 radical (unpaired) electrons. The number of tetrazole rings is 1. The molecule has 0 amide bonds. The van der Waals surface area contributed by atoms with E-state index in [2.05, 4.69) is 20.6 Å². The number of carbonyl (C=O) groups is 1. The second-order valence-corrected chi connectivity index (χ2v) is 9.09. The lowest BCUT2D eigenvalue weighted by Gasteiger charge is -2.18. The zero-order chi connectivity index (χ0) is 27.4. The van der Waals surface area contributed by atoms with Crippen molar-refractivity contribution in [2.45, 2.75) is 32.9 Å². The van der Waals surface area contributed by atoms with Crippen LogP contribution in [0.4, 0.5) is 0 Å². The van der Waals surface area contributed by atoms with Crippen molar-refractivity contribution in [2.75, 3.05) is 0 Å². The molecule has 0 aliphatic heterocycles. The van der Waals surface area contributed by atoms with Crippen LogP contribution in [0, 0.1) is 0 Å². The standard InChI is InChI=1S/C29H26N6O4/c1-2-9-21-16-26(36)35(18-20-11-4-6-13-23(20)28(37)38)29(39)34(21)17-19-10-3-5-12-22(19)24-14-7-8-15-25(24)27-30-32-33-31-27/h3-8,10-16H,2,9,17-18H2,1H3,(H,37,38)(H,30,31,32,33). The molecular weight excluding hydrogens is 496 g/mol. The lowest BCUT2D eigenvalue weighted by molar-refractivity contribution is 0.0695. The number of aromatic amines is 1. The fraction of sp³-hybridized carbons (Fsp3) is 0.172. The van der Waals surface area contributed by atoms with Crippen LogP contribution in [0.3, 0.4) is 0 Å². The Labute approximate surface area is 223 Å². The summed E-state index contributed by atoms with van der Waals surface area (Å²) in [5.74, 6) is -0.592. The highest BCUT2D eigenvalue weighted by molar-refractivity contribution is 5.89. The average Bonchev–Trinajstić information content (AvgIpc) is 3.49. The van der Waals surface area contributed by atoms with Crippen LogP contribution in [0.2, 0.25) is 0 Å². The van der Waals surface area contributed by atoms with Gasteiger partial charge in [-0.1, -0.05) is 80.1 Å². The quantitative estimate of drug-likeness (QED) is 0.302. The van der Waals surface area contributed by atoms with Crippen LogP contribution in [0.15, 0.2) is 88.5 Å². The predicted octanol–water partition coefficient (Wildman–Crippen LogP) is 3.60. The number of carboxylic acid groups (broad SMARTS) is 1. The minimum absolute atomic E-state index is 0.0526. The fourth-order valence-electron chi connectivity index (χ4n) is 4.77. The number of rotatable bonds is 9. The van der Waals surface area contributed by atoms with Crippen LogP contribution in [0.1, 0.15) is 40.5 Å². The minimum Gasteiger partial charge on any atom is -0.478 e. The van der Waals surface area contributed by atoms with Crippen molar-refractivity contribution in [1.82, 2.24) is 29.8 Å². The van der Waals surface area contributed by atoms with Gasteiger partial charge in [-0.05, 0) is 45.2 Å². The van der Waals surface area contributed by atoms with Crippen LogP contribution in [-0.2, 0) is 19.5 Å². The van der Waals surface area contributed by atoms with E-state index in [9.17, 15) is 19.5 Å². The lowest BCUT2D eigenvalue weighted by Crippen LogP contribution is -2.41. The Morgan fingerprint density at radius 3 is 2.18 bits per heavy atom. The maximum atomic E-state index is 13.8. The van der Waals surface area contributed by atoms with Gasteiger partial charge in [-0.3, -0.25) is 13.9 Å². The van der Waals surface area contributed by atoms with Gasteiger partial charge in [-0.25, -0.2) is 14.7 Å². The van der Waals surface area contributed by atoms with Gasteiger partial charge in [0.1, 0.15) is 0 Å². The molecule has 5 rings (SSSR count). The zero-order valence-electron chi connectivity index (χ0n) is 21.2. The summed E-state index contributed by atoms with van der Waals surface area (Å²) in [5, 5.41) is 23.9. The molecule has 2 heterocycles. The van der Waals surface area contributed by atoms with Gasteiger partial charge >= 0.3 is 11.7 Å². The van der Waals surface area contributed by atoms with E-state index in [4.69, 9.17) is 0 Å². The zero-order valence-corrected chi connectivity index (χ0v) is 21.2. The maximum absolute atomic E-state index is 13.8. The molecule has 0 unspecified atom stereocenters. The van der Waals surface area contributed by atoms with Gasteiger partial charge < -0.3 is 5.11 Å². The number of aryl methyl sites for hydroxylation is 1. The van der Waals surface area contributed by atoms with E-state index in [0.717, 1.165) is 33.2 Å². The number of aromatic nitrogens is 6. The third kappa shape index (κ3) is 5.17. The van der Waals surface area contributed by atoms with E-state index in [1.807, 2.05) is 55.5 Å². The molecule has 0 saturated heterocycles. The Bertz CT molecular complexity index is 1750. The molecular formula is C29H26N6O4. The van der Waals surface area contributed by atoms with Crippen LogP contribution in [-0.4, -0.2) is 40.8 Å². The van der Waals surface area contributed by atoms with E-state index in [1.54, 1.807) is 22.8 Å². The molecule has 5 aromatic rings. The molecule has 39 heavy (non-hydrogen) atoms. The minimum atomic E-state index is -1.11. The number of nitrogens with one attached hydrogen (secondary N) is 1. The van der Waals surface area contributed by atoms with Crippen molar-refractivity contribution in [3.8, 4) is 22.5 Å². The third-order valence-electron chi connectivity index (χ3n) is 6.61. The molecule has 0 atom stereocenters. The number of benzene rings is 3. The molecule has 2 aromatic heterocycles. The van der Waals surface area contributed by atoms with Crippen LogP contribution < -0.4 is 11.2 Å². The van der Waals surface area contributed by atoms with E-state index < -0.39 is 17.2 Å². The van der Waals surface area contributed by atoms with Gasteiger partial charge in [-0.15, -0.1) is 5.10 Å². The van der Waals surface area contributed by atoms with Crippen LogP contribution >= 0.6 is 0 Å². The van der Waals surface area contributed by atoms with Gasteiger partial charge in [0.05, 0.1) is 18.7 Å². The van der Waals surface area contributed by atoms with Crippen molar-refractivity contribution in [1.29, 1.82) is 0 Å². The highest BCUT2D eigenvalue weighted by atomic mass is 16.4. The summed E-state index contributed by atoms with van der Waals surface area (Å²) in [4.78, 5) is 38.6.